The Balaban J connectivity index is 2.45. The zero-order valence-corrected chi connectivity index (χ0v) is 11.4. The van der Waals surface area contributed by atoms with Crippen molar-refractivity contribution in [1.82, 2.24) is 10.6 Å². The highest BCUT2D eigenvalue weighted by atomic mass is 19.1. The largest absolute Gasteiger partial charge is 0.383 e. The number of carbonyl (C=O) groups excluding carboxylic acids is 1. The second-order valence-corrected chi connectivity index (χ2v) is 4.21. The summed E-state index contributed by atoms with van der Waals surface area (Å²) in [5.41, 5.74) is 0.592. The summed E-state index contributed by atoms with van der Waals surface area (Å²) in [5.74, 6) is -0.367. The van der Waals surface area contributed by atoms with Gasteiger partial charge in [0.25, 0.3) is 0 Å². The Hall–Kier alpha value is -1.46. The van der Waals surface area contributed by atoms with Crippen LogP contribution in [0.15, 0.2) is 24.3 Å². The number of ether oxygens (including phenoxy) is 1. The lowest BCUT2D eigenvalue weighted by atomic mass is 10.0. The van der Waals surface area contributed by atoms with E-state index in [2.05, 4.69) is 10.6 Å². The molecule has 0 aliphatic carbocycles. The van der Waals surface area contributed by atoms with Crippen molar-refractivity contribution in [3.05, 3.63) is 35.6 Å². The van der Waals surface area contributed by atoms with Gasteiger partial charge in [0.1, 0.15) is 5.82 Å². The first-order chi connectivity index (χ1) is 9.19. The summed E-state index contributed by atoms with van der Waals surface area (Å²) in [4.78, 5) is 11.5. The third-order valence-electron chi connectivity index (χ3n) is 2.83. The van der Waals surface area contributed by atoms with Gasteiger partial charge >= 0.3 is 0 Å². The van der Waals surface area contributed by atoms with E-state index >= 15 is 0 Å². The zero-order valence-electron chi connectivity index (χ0n) is 11.4. The number of methoxy groups -OCH3 is 1. The molecule has 0 radical (unpaired) electrons. The zero-order chi connectivity index (χ0) is 14.1. The molecule has 0 fully saturated rings. The Bertz CT molecular complexity index is 399. The fraction of sp³-hybridized carbons (Fsp3) is 0.500. The highest BCUT2D eigenvalue weighted by Gasteiger charge is 2.13. The third kappa shape index (κ3) is 5.36. The van der Waals surface area contributed by atoms with E-state index < -0.39 is 0 Å². The Kier molecular flexibility index (Phi) is 7.07. The molecule has 1 unspecified atom stereocenters. The molecule has 5 heteroatoms. The van der Waals surface area contributed by atoms with Crippen molar-refractivity contribution in [3.63, 3.8) is 0 Å². The van der Waals surface area contributed by atoms with E-state index in [9.17, 15) is 9.18 Å². The average Bonchev–Trinajstić information content (AvgIpc) is 2.41. The van der Waals surface area contributed by atoms with Crippen LogP contribution in [0.3, 0.4) is 0 Å². The van der Waals surface area contributed by atoms with Crippen molar-refractivity contribution in [3.8, 4) is 0 Å². The van der Waals surface area contributed by atoms with Crippen molar-refractivity contribution in [1.29, 1.82) is 0 Å². The summed E-state index contributed by atoms with van der Waals surface area (Å²) >= 11 is 0. The molecule has 1 aromatic carbocycles. The van der Waals surface area contributed by atoms with E-state index in [1.165, 1.54) is 6.07 Å². The molecular formula is C14H21FN2O2. The van der Waals surface area contributed by atoms with Gasteiger partial charge in [-0.2, -0.15) is 0 Å². The monoisotopic (exact) mass is 268 g/mol. The third-order valence-corrected chi connectivity index (χ3v) is 2.83. The van der Waals surface area contributed by atoms with Crippen molar-refractivity contribution in [2.24, 2.45) is 0 Å². The predicted octanol–water partition coefficient (Wildman–Crippen LogP) is 1.63. The first kappa shape index (κ1) is 15.6. The maximum absolute atomic E-state index is 13.6. The van der Waals surface area contributed by atoms with E-state index in [4.69, 9.17) is 4.74 Å². The molecule has 106 valence electrons. The number of carbonyl (C=O) groups is 1. The van der Waals surface area contributed by atoms with Gasteiger partial charge in [-0.05, 0) is 12.5 Å². The minimum atomic E-state index is -0.248. The molecule has 0 heterocycles. The van der Waals surface area contributed by atoms with E-state index in [0.717, 1.165) is 0 Å². The molecule has 0 saturated carbocycles. The highest BCUT2D eigenvalue weighted by Crippen LogP contribution is 2.19. The van der Waals surface area contributed by atoms with Crippen molar-refractivity contribution >= 4 is 5.91 Å². The number of rotatable bonds is 8. The summed E-state index contributed by atoms with van der Waals surface area (Å²) in [6.45, 7) is 3.08. The lowest BCUT2D eigenvalue weighted by molar-refractivity contribution is -0.120. The topological polar surface area (TPSA) is 50.4 Å². The SMILES string of the molecule is CCC(NCC(=O)NCCOC)c1ccccc1F. The maximum atomic E-state index is 13.6. The number of benzene rings is 1. The molecule has 0 aromatic heterocycles. The fourth-order valence-electron chi connectivity index (χ4n) is 1.80. The molecule has 1 rings (SSSR count). The lowest BCUT2D eigenvalue weighted by Crippen LogP contribution is -2.37. The number of halogens is 1. The molecule has 0 bridgehead atoms. The molecular weight excluding hydrogens is 247 g/mol. The quantitative estimate of drug-likeness (QED) is 0.705. The Labute approximate surface area is 113 Å². The van der Waals surface area contributed by atoms with Crippen LogP contribution in [0.2, 0.25) is 0 Å². The normalized spacial score (nSPS) is 12.2. The van der Waals surface area contributed by atoms with E-state index in [-0.39, 0.29) is 24.3 Å². The summed E-state index contributed by atoms with van der Waals surface area (Å²) in [6.07, 6.45) is 0.715. The second-order valence-electron chi connectivity index (χ2n) is 4.21. The molecule has 0 spiro atoms. The van der Waals surface area contributed by atoms with Crippen LogP contribution < -0.4 is 10.6 Å². The molecule has 0 aliphatic heterocycles. The second kappa shape index (κ2) is 8.61. The van der Waals surface area contributed by atoms with Gasteiger partial charge in [0.05, 0.1) is 13.2 Å². The molecule has 1 aromatic rings. The summed E-state index contributed by atoms with van der Waals surface area (Å²) < 4.78 is 18.5. The van der Waals surface area contributed by atoms with Crippen molar-refractivity contribution in [2.45, 2.75) is 19.4 Å². The van der Waals surface area contributed by atoms with Crippen LogP contribution >= 0.6 is 0 Å². The van der Waals surface area contributed by atoms with Crippen LogP contribution in [-0.2, 0) is 9.53 Å². The van der Waals surface area contributed by atoms with Crippen LogP contribution in [0.1, 0.15) is 24.9 Å². The van der Waals surface area contributed by atoms with E-state index in [0.29, 0.717) is 25.1 Å². The molecule has 19 heavy (non-hydrogen) atoms. The van der Waals surface area contributed by atoms with E-state index in [1.807, 2.05) is 6.92 Å². The Morgan fingerprint density at radius 3 is 2.79 bits per heavy atom. The van der Waals surface area contributed by atoms with Gasteiger partial charge in [-0.1, -0.05) is 25.1 Å². The Morgan fingerprint density at radius 2 is 2.16 bits per heavy atom. The van der Waals surface area contributed by atoms with Gasteiger partial charge < -0.3 is 15.4 Å². The first-order valence-corrected chi connectivity index (χ1v) is 6.42. The average molecular weight is 268 g/mol. The number of nitrogens with one attached hydrogen (secondary N) is 2. The number of hydrogen-bond acceptors (Lipinski definition) is 3. The van der Waals surface area contributed by atoms with Crippen molar-refractivity contribution < 1.29 is 13.9 Å². The van der Waals surface area contributed by atoms with Crippen LogP contribution in [0.4, 0.5) is 4.39 Å². The smallest absolute Gasteiger partial charge is 0.234 e. The summed E-state index contributed by atoms with van der Waals surface area (Å²) in [7, 11) is 1.58. The van der Waals surface area contributed by atoms with Gasteiger partial charge in [-0.25, -0.2) is 4.39 Å². The van der Waals surface area contributed by atoms with E-state index in [1.54, 1.807) is 25.3 Å². The molecule has 0 saturated heterocycles. The minimum Gasteiger partial charge on any atom is -0.383 e. The van der Waals surface area contributed by atoms with Crippen LogP contribution in [-0.4, -0.2) is 32.7 Å². The van der Waals surface area contributed by atoms with Crippen LogP contribution in [0.25, 0.3) is 0 Å². The molecule has 1 amide bonds. The molecule has 1 atom stereocenters. The number of hydrogen-bond donors (Lipinski definition) is 2. The van der Waals surface area contributed by atoms with Gasteiger partial charge in [0.15, 0.2) is 0 Å². The molecule has 4 nitrogen and oxygen atoms in total. The van der Waals surface area contributed by atoms with Gasteiger partial charge in [-0.15, -0.1) is 0 Å². The Morgan fingerprint density at radius 1 is 1.42 bits per heavy atom. The standard InChI is InChI=1S/C14H21FN2O2/c1-3-13(11-6-4-5-7-12(11)15)17-10-14(18)16-8-9-19-2/h4-7,13,17H,3,8-10H2,1-2H3,(H,16,18). The van der Waals surface area contributed by atoms with Gasteiger partial charge in [0, 0.05) is 25.3 Å². The molecule has 2 N–H and O–H groups in total. The minimum absolute atomic E-state index is 0.119. The predicted molar refractivity (Wildman–Crippen MR) is 72.3 cm³/mol. The highest BCUT2D eigenvalue weighted by molar-refractivity contribution is 5.78. The maximum Gasteiger partial charge on any atom is 0.234 e. The summed E-state index contributed by atoms with van der Waals surface area (Å²) in [6, 6.07) is 6.46. The fourth-order valence-corrected chi connectivity index (χ4v) is 1.80. The van der Waals surface area contributed by atoms with Crippen LogP contribution in [0, 0.1) is 5.82 Å². The van der Waals surface area contributed by atoms with Crippen LogP contribution in [0.5, 0.6) is 0 Å². The summed E-state index contributed by atoms with van der Waals surface area (Å²) in [5, 5.41) is 5.77. The molecule has 0 aliphatic rings. The van der Waals surface area contributed by atoms with Gasteiger partial charge in [0.2, 0.25) is 5.91 Å². The first-order valence-electron chi connectivity index (χ1n) is 6.42. The van der Waals surface area contributed by atoms with Gasteiger partial charge in [-0.3, -0.25) is 4.79 Å². The van der Waals surface area contributed by atoms with Crippen molar-refractivity contribution in [2.75, 3.05) is 26.8 Å². The lowest BCUT2D eigenvalue weighted by Gasteiger charge is -2.17. The number of amides is 1.